The predicted octanol–water partition coefficient (Wildman–Crippen LogP) is -0.949. The van der Waals surface area contributed by atoms with E-state index in [0.29, 0.717) is 0 Å². The molecule has 9 nitrogen and oxygen atoms in total. The van der Waals surface area contributed by atoms with Crippen LogP contribution in [0.1, 0.15) is 19.3 Å². The lowest BCUT2D eigenvalue weighted by atomic mass is 9.76. The quantitative estimate of drug-likeness (QED) is 0.403. The Kier molecular flexibility index (Phi) is 4.97. The molecule has 0 aliphatic rings. The number of rotatable bonds is 8. The van der Waals surface area contributed by atoms with E-state index >= 15 is 0 Å². The van der Waals surface area contributed by atoms with Crippen molar-refractivity contribution >= 4 is 29.7 Å². The van der Waals surface area contributed by atoms with E-state index < -0.39 is 54.3 Å². The van der Waals surface area contributed by atoms with Crippen LogP contribution >= 0.6 is 0 Å². The summed E-state index contributed by atoms with van der Waals surface area (Å²) in [5.41, 5.74) is -2.77. The smallest absolute Gasteiger partial charge is 0.318 e. The molecule has 0 unspecified atom stereocenters. The molecule has 0 spiro atoms. The minimum Gasteiger partial charge on any atom is -0.481 e. The van der Waals surface area contributed by atoms with Crippen LogP contribution in [0.5, 0.6) is 0 Å². The number of ketones is 1. The van der Waals surface area contributed by atoms with E-state index in [0.717, 1.165) is 0 Å². The van der Waals surface area contributed by atoms with Crippen LogP contribution in [0, 0.1) is 5.41 Å². The second-order valence-corrected chi connectivity index (χ2v) is 3.52. The van der Waals surface area contributed by atoms with Gasteiger partial charge in [-0.1, -0.05) is 0 Å². The van der Waals surface area contributed by atoms with E-state index in [1.165, 1.54) is 0 Å². The monoisotopic (exact) mass is 262 g/mol. The molecule has 0 saturated heterocycles. The Morgan fingerprint density at radius 1 is 0.722 bits per heavy atom. The van der Waals surface area contributed by atoms with Gasteiger partial charge < -0.3 is 20.4 Å². The van der Waals surface area contributed by atoms with Crippen LogP contribution in [0.3, 0.4) is 0 Å². The first-order valence-corrected chi connectivity index (χ1v) is 4.54. The van der Waals surface area contributed by atoms with Crippen molar-refractivity contribution in [1.82, 2.24) is 0 Å². The van der Waals surface area contributed by atoms with Crippen LogP contribution < -0.4 is 0 Å². The molecular weight excluding hydrogens is 252 g/mol. The van der Waals surface area contributed by atoms with Gasteiger partial charge in [-0.3, -0.25) is 24.0 Å². The van der Waals surface area contributed by atoms with E-state index in [9.17, 15) is 24.0 Å². The molecule has 0 atom stereocenters. The summed E-state index contributed by atoms with van der Waals surface area (Å²) in [6, 6.07) is 0. The fourth-order valence-corrected chi connectivity index (χ4v) is 1.35. The first-order chi connectivity index (χ1) is 8.11. The number of carbonyl (C=O) groups is 5. The lowest BCUT2D eigenvalue weighted by Crippen LogP contribution is -2.44. The minimum absolute atomic E-state index is 1.26. The van der Waals surface area contributed by atoms with Crippen molar-refractivity contribution in [2.45, 2.75) is 19.3 Å². The highest BCUT2D eigenvalue weighted by atomic mass is 16.4. The molecule has 0 aliphatic carbocycles. The zero-order valence-electron chi connectivity index (χ0n) is 8.95. The topological polar surface area (TPSA) is 166 Å². The Labute approximate surface area is 99.6 Å². The maximum atomic E-state index is 11.5. The minimum atomic E-state index is -2.77. The molecule has 0 rings (SSSR count). The Hall–Kier alpha value is -2.45. The fraction of sp³-hybridized carbons (Fsp3) is 0.444. The van der Waals surface area contributed by atoms with Crippen molar-refractivity contribution in [3.05, 3.63) is 0 Å². The maximum Gasteiger partial charge on any atom is 0.318 e. The van der Waals surface area contributed by atoms with Gasteiger partial charge in [-0.25, -0.2) is 0 Å². The fourth-order valence-electron chi connectivity index (χ4n) is 1.35. The van der Waals surface area contributed by atoms with Gasteiger partial charge in [-0.05, 0) is 0 Å². The molecule has 0 saturated carbocycles. The largest absolute Gasteiger partial charge is 0.481 e. The van der Waals surface area contributed by atoms with Crippen molar-refractivity contribution in [1.29, 1.82) is 0 Å². The van der Waals surface area contributed by atoms with Crippen LogP contribution in [-0.4, -0.2) is 50.1 Å². The van der Waals surface area contributed by atoms with Gasteiger partial charge in [0.25, 0.3) is 0 Å². The van der Waals surface area contributed by atoms with Gasteiger partial charge >= 0.3 is 23.9 Å². The van der Waals surface area contributed by atoms with Crippen LogP contribution in [0.4, 0.5) is 0 Å². The molecule has 100 valence electrons. The Bertz CT molecular complexity index is 392. The molecular formula is C9H10O9. The van der Waals surface area contributed by atoms with Gasteiger partial charge in [0, 0.05) is 0 Å². The van der Waals surface area contributed by atoms with Crippen molar-refractivity contribution in [3.63, 3.8) is 0 Å². The maximum absolute atomic E-state index is 11.5. The van der Waals surface area contributed by atoms with Gasteiger partial charge in [0.15, 0.2) is 5.78 Å². The first-order valence-electron chi connectivity index (χ1n) is 4.54. The highest BCUT2D eigenvalue weighted by Crippen LogP contribution is 2.30. The molecule has 0 aromatic carbocycles. The number of hydrogen-bond acceptors (Lipinski definition) is 5. The van der Waals surface area contributed by atoms with Crippen LogP contribution in [0.2, 0.25) is 0 Å². The first kappa shape index (κ1) is 15.6. The van der Waals surface area contributed by atoms with E-state index in [4.69, 9.17) is 20.4 Å². The van der Waals surface area contributed by atoms with E-state index in [-0.39, 0.29) is 0 Å². The van der Waals surface area contributed by atoms with Crippen LogP contribution in [-0.2, 0) is 24.0 Å². The van der Waals surface area contributed by atoms with Gasteiger partial charge in [0.05, 0.1) is 12.8 Å². The highest BCUT2D eigenvalue weighted by Gasteiger charge is 2.49. The Morgan fingerprint density at radius 3 is 1.33 bits per heavy atom. The molecule has 0 heterocycles. The lowest BCUT2D eigenvalue weighted by molar-refractivity contribution is -0.166. The van der Waals surface area contributed by atoms with Crippen LogP contribution in [0.25, 0.3) is 0 Å². The van der Waals surface area contributed by atoms with Crippen molar-refractivity contribution in [3.8, 4) is 0 Å². The molecule has 9 heteroatoms. The number of carboxylic acids is 4. The van der Waals surface area contributed by atoms with Gasteiger partial charge in [0.2, 0.25) is 0 Å². The molecule has 0 aliphatic heterocycles. The lowest BCUT2D eigenvalue weighted by Gasteiger charge is -2.23. The van der Waals surface area contributed by atoms with Crippen LogP contribution in [0.15, 0.2) is 0 Å². The normalized spacial score (nSPS) is 10.7. The molecule has 0 fully saturated rings. The summed E-state index contributed by atoms with van der Waals surface area (Å²) >= 11 is 0. The van der Waals surface area contributed by atoms with Crippen molar-refractivity contribution in [2.75, 3.05) is 0 Å². The molecule has 4 N–H and O–H groups in total. The van der Waals surface area contributed by atoms with Gasteiger partial charge in [0.1, 0.15) is 11.8 Å². The highest BCUT2D eigenvalue weighted by molar-refractivity contribution is 6.12. The standard InChI is InChI=1S/C9H10O9/c10-4(1-5(11)12)9(8(17)18,2-6(13)14)3-7(15)16/h1-3H2,(H,11,12)(H,13,14)(H,15,16)(H,17,18). The second kappa shape index (κ2) is 5.75. The van der Waals surface area contributed by atoms with E-state index in [2.05, 4.69) is 0 Å². The second-order valence-electron chi connectivity index (χ2n) is 3.52. The molecule has 0 aromatic heterocycles. The summed E-state index contributed by atoms with van der Waals surface area (Å²) < 4.78 is 0. The number of Topliss-reactive ketones (excluding diaryl/α,β-unsaturated/α-hetero) is 1. The number of hydrogen-bond donors (Lipinski definition) is 4. The van der Waals surface area contributed by atoms with Gasteiger partial charge in [-0.15, -0.1) is 0 Å². The summed E-state index contributed by atoms with van der Waals surface area (Å²) in [7, 11) is 0. The molecule has 0 radical (unpaired) electrons. The number of carboxylic acid groups (broad SMARTS) is 4. The third kappa shape index (κ3) is 3.85. The number of carbonyl (C=O) groups excluding carboxylic acids is 1. The summed E-state index contributed by atoms with van der Waals surface area (Å²) in [5.74, 6) is -8.53. The summed E-state index contributed by atoms with van der Waals surface area (Å²) in [6.45, 7) is 0. The Morgan fingerprint density at radius 2 is 1.11 bits per heavy atom. The molecule has 0 aromatic rings. The third-order valence-electron chi connectivity index (χ3n) is 2.16. The zero-order chi connectivity index (χ0) is 14.5. The average molecular weight is 262 g/mol. The van der Waals surface area contributed by atoms with Crippen molar-refractivity contribution < 1.29 is 44.4 Å². The Balaban J connectivity index is 5.51. The SMILES string of the molecule is O=C(O)CC(=O)C(CC(=O)O)(CC(=O)O)C(=O)O. The number of aliphatic carboxylic acids is 4. The summed E-state index contributed by atoms with van der Waals surface area (Å²) in [5, 5.41) is 34.3. The molecule has 18 heavy (non-hydrogen) atoms. The van der Waals surface area contributed by atoms with E-state index in [1.807, 2.05) is 0 Å². The summed E-state index contributed by atoms with van der Waals surface area (Å²) in [6.07, 6.45) is -3.84. The summed E-state index contributed by atoms with van der Waals surface area (Å²) in [4.78, 5) is 53.9. The van der Waals surface area contributed by atoms with E-state index in [1.54, 1.807) is 0 Å². The third-order valence-corrected chi connectivity index (χ3v) is 2.16. The van der Waals surface area contributed by atoms with Crippen molar-refractivity contribution in [2.24, 2.45) is 5.41 Å². The zero-order valence-corrected chi connectivity index (χ0v) is 8.95. The van der Waals surface area contributed by atoms with Gasteiger partial charge in [-0.2, -0.15) is 0 Å². The molecule has 0 amide bonds. The molecule has 0 bridgehead atoms. The average Bonchev–Trinajstić information content (AvgIpc) is 2.13. The predicted molar refractivity (Wildman–Crippen MR) is 51.8 cm³/mol.